The Bertz CT molecular complexity index is 2290. The summed E-state index contributed by atoms with van der Waals surface area (Å²) in [7, 11) is 0. The zero-order valence-corrected chi connectivity index (χ0v) is 29.1. The Morgan fingerprint density at radius 1 is 0.750 bits per heavy atom. The molecule has 0 aliphatic carbocycles. The van der Waals surface area contributed by atoms with E-state index in [1.807, 2.05) is 6.20 Å². The number of ether oxygens (including phenoxy) is 1. The molecule has 242 valence electrons. The molecule has 0 bridgehead atoms. The van der Waals surface area contributed by atoms with Crippen LogP contribution in [0, 0.1) is 20.8 Å². The first-order valence-corrected chi connectivity index (χ1v) is 17.2. The molecule has 7 aromatic rings. The van der Waals surface area contributed by atoms with Gasteiger partial charge in [0.25, 0.3) is 0 Å². The van der Waals surface area contributed by atoms with Crippen molar-refractivity contribution < 1.29 is 4.74 Å². The van der Waals surface area contributed by atoms with Crippen LogP contribution >= 0.6 is 0 Å². The summed E-state index contributed by atoms with van der Waals surface area (Å²) in [4.78, 5) is 4.82. The Morgan fingerprint density at radius 2 is 1.56 bits per heavy atom. The first kappa shape index (κ1) is 31.4. The van der Waals surface area contributed by atoms with E-state index in [1.54, 1.807) is 0 Å². The lowest BCUT2D eigenvalue weighted by Gasteiger charge is -2.15. The molecule has 0 atom stereocenters. The van der Waals surface area contributed by atoms with Crippen molar-refractivity contribution in [2.75, 3.05) is 0 Å². The van der Waals surface area contributed by atoms with Crippen LogP contribution in [-0.4, -0.2) is 19.3 Å². The molecule has 4 aromatic carbocycles. The lowest BCUT2D eigenvalue weighted by Crippen LogP contribution is -2.02. The van der Waals surface area contributed by atoms with Crippen molar-refractivity contribution in [3.8, 4) is 34.1 Å². The average Bonchev–Trinajstić information content (AvgIpc) is 3.57. The summed E-state index contributed by atoms with van der Waals surface area (Å²) in [5, 5.41) is 7.48. The molecule has 0 saturated carbocycles. The molecule has 3 aromatic heterocycles. The van der Waals surface area contributed by atoms with Crippen LogP contribution in [0.1, 0.15) is 73.7 Å². The first-order valence-electron chi connectivity index (χ1n) is 17.2. The van der Waals surface area contributed by atoms with Crippen molar-refractivity contribution in [2.45, 2.75) is 73.6 Å². The molecule has 0 aliphatic rings. The third-order valence-electron chi connectivity index (χ3n) is 9.56. The number of nitrogens with zero attached hydrogens (tertiary/aromatic N) is 4. The van der Waals surface area contributed by atoms with Crippen LogP contribution < -0.4 is 4.74 Å². The van der Waals surface area contributed by atoms with Crippen LogP contribution in [0.2, 0.25) is 0 Å². The van der Waals surface area contributed by atoms with E-state index in [0.29, 0.717) is 5.92 Å². The smallest absolute Gasteiger partial charge is 0.137 e. The molecule has 0 saturated heterocycles. The monoisotopic (exact) mass is 632 g/mol. The fraction of sp³-hybridized carbons (Fsp3) is 0.256. The lowest BCUT2D eigenvalue weighted by atomic mass is 9.92. The molecule has 7 rings (SSSR count). The van der Waals surface area contributed by atoms with Crippen LogP contribution in [0.3, 0.4) is 0 Å². The van der Waals surface area contributed by atoms with Crippen molar-refractivity contribution in [2.24, 2.45) is 0 Å². The highest BCUT2D eigenvalue weighted by Crippen LogP contribution is 2.38. The van der Waals surface area contributed by atoms with Gasteiger partial charge in [-0.25, -0.2) is 9.67 Å². The Kier molecular flexibility index (Phi) is 8.38. The molecule has 0 spiro atoms. The summed E-state index contributed by atoms with van der Waals surface area (Å²) in [5.41, 5.74) is 13.0. The summed E-state index contributed by atoms with van der Waals surface area (Å²) in [5.74, 6) is 2.82. The minimum atomic E-state index is 0.318. The predicted octanol–water partition coefficient (Wildman–Crippen LogP) is 11.4. The van der Waals surface area contributed by atoms with E-state index in [4.69, 9.17) is 14.8 Å². The highest BCUT2D eigenvalue weighted by atomic mass is 16.5. The van der Waals surface area contributed by atoms with Gasteiger partial charge in [0, 0.05) is 40.4 Å². The van der Waals surface area contributed by atoms with E-state index < -0.39 is 0 Å². The number of benzene rings is 4. The Labute approximate surface area is 283 Å². The highest BCUT2D eigenvalue weighted by Gasteiger charge is 2.20. The maximum Gasteiger partial charge on any atom is 0.137 e. The van der Waals surface area contributed by atoms with Gasteiger partial charge in [0.1, 0.15) is 17.3 Å². The number of rotatable bonds is 9. The third-order valence-corrected chi connectivity index (χ3v) is 9.56. The molecule has 0 aliphatic heterocycles. The molecular weight excluding hydrogens is 589 g/mol. The third kappa shape index (κ3) is 5.57. The molecule has 0 N–H and O–H groups in total. The number of hydrogen-bond donors (Lipinski definition) is 0. The molecule has 0 unspecified atom stereocenters. The van der Waals surface area contributed by atoms with Gasteiger partial charge in [-0.2, -0.15) is 5.10 Å². The van der Waals surface area contributed by atoms with Gasteiger partial charge in [-0.05, 0) is 110 Å². The molecule has 5 heteroatoms. The molecular formula is C43H44N4O. The topological polar surface area (TPSA) is 44.9 Å². The van der Waals surface area contributed by atoms with Crippen LogP contribution in [0.4, 0.5) is 0 Å². The first-order chi connectivity index (χ1) is 23.3. The SMILES string of the molecule is CCCc1ccnc(-n2c3ccccc3c3ccc(Oc4cc(C(C)C)cc(-n5nc(C)c(-c6c(C)cccc6CC)c5C)c4)cc32)c1. The second-order valence-electron chi connectivity index (χ2n) is 13.2. The standard InChI is InChI=1S/C43H44N4O/c1-8-13-31-20-21-44-41(22-31)46-39-17-11-10-16-37(39)38-19-18-35(26-40(38)46)48-36-24-33(27(3)4)23-34(25-36)47-30(7)43(29(6)45-47)42-28(5)14-12-15-32(42)9-2/h10-12,14-27H,8-9,13H2,1-7H3. The Morgan fingerprint density at radius 3 is 2.35 bits per heavy atom. The zero-order valence-electron chi connectivity index (χ0n) is 29.1. The molecule has 0 radical (unpaired) electrons. The van der Waals surface area contributed by atoms with Crippen molar-refractivity contribution >= 4 is 21.8 Å². The Balaban J connectivity index is 1.33. The van der Waals surface area contributed by atoms with E-state index in [9.17, 15) is 0 Å². The van der Waals surface area contributed by atoms with Gasteiger partial charge in [0.15, 0.2) is 0 Å². The number of aryl methyl sites for hydroxylation is 4. The van der Waals surface area contributed by atoms with E-state index in [1.165, 1.54) is 44.2 Å². The van der Waals surface area contributed by atoms with Crippen LogP contribution in [0.25, 0.3) is 44.4 Å². The number of hydrogen-bond acceptors (Lipinski definition) is 3. The summed E-state index contributed by atoms with van der Waals surface area (Å²) in [6, 6.07) is 32.4. The maximum absolute atomic E-state index is 6.73. The summed E-state index contributed by atoms with van der Waals surface area (Å²) in [6.07, 6.45) is 5.02. The van der Waals surface area contributed by atoms with Gasteiger partial charge in [-0.1, -0.05) is 70.5 Å². The molecule has 5 nitrogen and oxygen atoms in total. The van der Waals surface area contributed by atoms with Gasteiger partial charge in [0.05, 0.1) is 22.4 Å². The second kappa shape index (κ2) is 12.8. The number of fused-ring (bicyclic) bond motifs is 3. The zero-order chi connectivity index (χ0) is 33.5. The van der Waals surface area contributed by atoms with Crippen LogP contribution in [0.15, 0.2) is 97.2 Å². The number of aromatic nitrogens is 4. The quantitative estimate of drug-likeness (QED) is 0.159. The normalized spacial score (nSPS) is 11.7. The van der Waals surface area contributed by atoms with Crippen molar-refractivity contribution in [3.05, 3.63) is 131 Å². The number of pyridine rings is 1. The lowest BCUT2D eigenvalue weighted by molar-refractivity contribution is 0.481. The minimum Gasteiger partial charge on any atom is -0.457 e. The second-order valence-corrected chi connectivity index (χ2v) is 13.2. The Hall–Kier alpha value is -5.16. The summed E-state index contributed by atoms with van der Waals surface area (Å²) in [6.45, 7) is 15.4. The maximum atomic E-state index is 6.73. The van der Waals surface area contributed by atoms with Crippen molar-refractivity contribution in [3.63, 3.8) is 0 Å². The fourth-order valence-electron chi connectivity index (χ4n) is 7.18. The van der Waals surface area contributed by atoms with Crippen LogP contribution in [0.5, 0.6) is 11.5 Å². The van der Waals surface area contributed by atoms with Gasteiger partial charge >= 0.3 is 0 Å². The van der Waals surface area contributed by atoms with Crippen LogP contribution in [-0.2, 0) is 12.8 Å². The van der Waals surface area contributed by atoms with E-state index in [0.717, 1.165) is 64.7 Å². The molecule has 3 heterocycles. The fourth-order valence-corrected chi connectivity index (χ4v) is 7.18. The predicted molar refractivity (Wildman–Crippen MR) is 199 cm³/mol. The van der Waals surface area contributed by atoms with E-state index >= 15 is 0 Å². The summed E-state index contributed by atoms with van der Waals surface area (Å²) >= 11 is 0. The molecule has 0 fully saturated rings. The largest absolute Gasteiger partial charge is 0.457 e. The van der Waals surface area contributed by atoms with E-state index in [2.05, 4.69) is 149 Å². The highest BCUT2D eigenvalue weighted by molar-refractivity contribution is 6.09. The summed E-state index contributed by atoms with van der Waals surface area (Å²) < 4.78 is 11.1. The minimum absolute atomic E-state index is 0.318. The van der Waals surface area contributed by atoms with Gasteiger partial charge in [0.2, 0.25) is 0 Å². The van der Waals surface area contributed by atoms with Crippen molar-refractivity contribution in [1.82, 2.24) is 19.3 Å². The van der Waals surface area contributed by atoms with E-state index in [-0.39, 0.29) is 0 Å². The van der Waals surface area contributed by atoms with Gasteiger partial charge in [-0.15, -0.1) is 0 Å². The molecule has 0 amide bonds. The van der Waals surface area contributed by atoms with Gasteiger partial charge in [-0.3, -0.25) is 4.57 Å². The van der Waals surface area contributed by atoms with Gasteiger partial charge < -0.3 is 4.74 Å². The van der Waals surface area contributed by atoms with Crippen molar-refractivity contribution in [1.29, 1.82) is 0 Å². The average molecular weight is 633 g/mol. The molecule has 48 heavy (non-hydrogen) atoms. The number of para-hydroxylation sites is 1.